The van der Waals surface area contributed by atoms with Gasteiger partial charge in [0.15, 0.2) is 6.61 Å². The molecule has 2 heterocycles. The maximum absolute atomic E-state index is 12.4. The molecule has 0 aromatic carbocycles. The predicted octanol–water partition coefficient (Wildman–Crippen LogP) is 1.01. The van der Waals surface area contributed by atoms with E-state index in [1.54, 1.807) is 4.90 Å². The van der Waals surface area contributed by atoms with Crippen LogP contribution in [0.4, 0.5) is 8.78 Å². The van der Waals surface area contributed by atoms with Gasteiger partial charge in [-0.1, -0.05) is 0 Å². The van der Waals surface area contributed by atoms with E-state index < -0.39 is 13.0 Å². The standard InChI is InChI=1S/C14H16F2N4O2/c15-12(16)10-22-13-9-11(1-3-18-13)14(21)20-7-5-19(4-2-17)6-8-20/h1,3,9,12H,4-8,10H2. The van der Waals surface area contributed by atoms with Gasteiger partial charge in [-0.05, 0) is 6.07 Å². The zero-order chi connectivity index (χ0) is 15.9. The van der Waals surface area contributed by atoms with Gasteiger partial charge in [-0.25, -0.2) is 13.8 Å². The van der Waals surface area contributed by atoms with Crippen molar-refractivity contribution in [1.29, 1.82) is 5.26 Å². The Balaban J connectivity index is 1.95. The summed E-state index contributed by atoms with van der Waals surface area (Å²) < 4.78 is 29.0. The molecule has 1 amide bonds. The Morgan fingerprint density at radius 1 is 1.41 bits per heavy atom. The van der Waals surface area contributed by atoms with Gasteiger partial charge in [0.1, 0.15) is 0 Å². The third kappa shape index (κ3) is 4.36. The molecule has 0 saturated carbocycles. The summed E-state index contributed by atoms with van der Waals surface area (Å²) >= 11 is 0. The number of carbonyl (C=O) groups excluding carboxylic acids is 1. The summed E-state index contributed by atoms with van der Waals surface area (Å²) in [6.45, 7) is 1.92. The zero-order valence-electron chi connectivity index (χ0n) is 11.9. The highest BCUT2D eigenvalue weighted by Gasteiger charge is 2.22. The molecule has 1 aromatic heterocycles. The highest BCUT2D eigenvalue weighted by Crippen LogP contribution is 2.14. The van der Waals surface area contributed by atoms with E-state index in [2.05, 4.69) is 11.1 Å². The topological polar surface area (TPSA) is 69.5 Å². The van der Waals surface area contributed by atoms with E-state index in [1.165, 1.54) is 18.3 Å². The number of alkyl halides is 2. The van der Waals surface area contributed by atoms with Crippen LogP contribution in [0.25, 0.3) is 0 Å². The number of nitriles is 1. The number of piperazine rings is 1. The van der Waals surface area contributed by atoms with Gasteiger partial charge in [0, 0.05) is 44.0 Å². The van der Waals surface area contributed by atoms with Crippen LogP contribution in [0.1, 0.15) is 10.4 Å². The number of ether oxygens (including phenoxy) is 1. The van der Waals surface area contributed by atoms with Gasteiger partial charge < -0.3 is 9.64 Å². The van der Waals surface area contributed by atoms with Crippen molar-refractivity contribution < 1.29 is 18.3 Å². The highest BCUT2D eigenvalue weighted by molar-refractivity contribution is 5.94. The van der Waals surface area contributed by atoms with Crippen molar-refractivity contribution in [3.05, 3.63) is 23.9 Å². The number of nitrogens with zero attached hydrogens (tertiary/aromatic N) is 4. The van der Waals surface area contributed by atoms with Crippen LogP contribution in [-0.4, -0.2) is 66.4 Å². The van der Waals surface area contributed by atoms with Gasteiger partial charge in [0.25, 0.3) is 12.3 Å². The van der Waals surface area contributed by atoms with Gasteiger partial charge in [-0.3, -0.25) is 9.69 Å². The lowest BCUT2D eigenvalue weighted by atomic mass is 10.2. The maximum atomic E-state index is 12.4. The molecule has 6 nitrogen and oxygen atoms in total. The predicted molar refractivity (Wildman–Crippen MR) is 73.7 cm³/mol. The SMILES string of the molecule is N#CCN1CCN(C(=O)c2ccnc(OCC(F)F)c2)CC1. The van der Waals surface area contributed by atoms with Gasteiger partial charge in [-0.15, -0.1) is 0 Å². The minimum absolute atomic E-state index is 0.00858. The third-order valence-electron chi connectivity index (χ3n) is 3.29. The highest BCUT2D eigenvalue weighted by atomic mass is 19.3. The number of carbonyl (C=O) groups is 1. The Bertz CT molecular complexity index is 554. The lowest BCUT2D eigenvalue weighted by Crippen LogP contribution is -2.48. The Hall–Kier alpha value is -2.27. The molecule has 0 unspecified atom stereocenters. The summed E-state index contributed by atoms with van der Waals surface area (Å²) in [6.07, 6.45) is -1.23. The van der Waals surface area contributed by atoms with Crippen LogP contribution >= 0.6 is 0 Å². The Labute approximate surface area is 126 Å². The molecule has 2 rings (SSSR count). The minimum atomic E-state index is -2.59. The van der Waals surface area contributed by atoms with Crippen LogP contribution < -0.4 is 4.74 Å². The van der Waals surface area contributed by atoms with E-state index in [0.717, 1.165) is 0 Å². The second kappa shape index (κ2) is 7.66. The monoisotopic (exact) mass is 310 g/mol. The first-order valence-electron chi connectivity index (χ1n) is 6.85. The average Bonchev–Trinajstić information content (AvgIpc) is 2.53. The van der Waals surface area contributed by atoms with Crippen molar-refractivity contribution in [2.75, 3.05) is 39.3 Å². The molecule has 1 aliphatic heterocycles. The van der Waals surface area contributed by atoms with Crippen molar-refractivity contribution in [2.24, 2.45) is 0 Å². The van der Waals surface area contributed by atoms with Crippen LogP contribution in [-0.2, 0) is 0 Å². The number of aromatic nitrogens is 1. The minimum Gasteiger partial charge on any atom is -0.472 e. The number of pyridine rings is 1. The molecule has 0 radical (unpaired) electrons. The second-order valence-electron chi connectivity index (χ2n) is 4.81. The fraction of sp³-hybridized carbons (Fsp3) is 0.500. The number of hydrogen-bond donors (Lipinski definition) is 0. The largest absolute Gasteiger partial charge is 0.472 e. The van der Waals surface area contributed by atoms with Crippen LogP contribution in [0, 0.1) is 11.3 Å². The smallest absolute Gasteiger partial charge is 0.272 e. The van der Waals surface area contributed by atoms with Gasteiger partial charge >= 0.3 is 0 Å². The Kier molecular flexibility index (Phi) is 5.61. The van der Waals surface area contributed by atoms with Crippen molar-refractivity contribution in [3.8, 4) is 11.9 Å². The Morgan fingerprint density at radius 3 is 2.77 bits per heavy atom. The van der Waals surface area contributed by atoms with Crippen molar-refractivity contribution >= 4 is 5.91 Å². The van der Waals surface area contributed by atoms with E-state index in [1.807, 2.05) is 4.90 Å². The molecule has 0 bridgehead atoms. The molecule has 0 atom stereocenters. The van der Waals surface area contributed by atoms with Gasteiger partial charge in [0.2, 0.25) is 5.88 Å². The van der Waals surface area contributed by atoms with E-state index in [-0.39, 0.29) is 11.8 Å². The van der Waals surface area contributed by atoms with Gasteiger partial charge in [-0.2, -0.15) is 5.26 Å². The second-order valence-corrected chi connectivity index (χ2v) is 4.81. The van der Waals surface area contributed by atoms with E-state index in [0.29, 0.717) is 38.3 Å². The maximum Gasteiger partial charge on any atom is 0.272 e. The summed E-state index contributed by atoms with van der Waals surface area (Å²) in [5.74, 6) is -0.185. The molecule has 1 aliphatic rings. The summed E-state index contributed by atoms with van der Waals surface area (Å²) in [4.78, 5) is 19.8. The zero-order valence-corrected chi connectivity index (χ0v) is 11.9. The summed E-state index contributed by atoms with van der Waals surface area (Å²) in [7, 11) is 0. The first-order valence-corrected chi connectivity index (χ1v) is 6.85. The van der Waals surface area contributed by atoms with Crippen LogP contribution in [0.15, 0.2) is 18.3 Å². The number of rotatable bonds is 5. The molecular formula is C14H16F2N4O2. The van der Waals surface area contributed by atoms with Crippen LogP contribution in [0.5, 0.6) is 5.88 Å². The summed E-state index contributed by atoms with van der Waals surface area (Å²) in [5, 5.41) is 8.65. The molecule has 0 aliphatic carbocycles. The van der Waals surface area contributed by atoms with Crippen molar-refractivity contribution in [2.45, 2.75) is 6.43 Å². The van der Waals surface area contributed by atoms with E-state index in [9.17, 15) is 13.6 Å². The van der Waals surface area contributed by atoms with E-state index >= 15 is 0 Å². The molecule has 1 aromatic rings. The summed E-state index contributed by atoms with van der Waals surface area (Å²) in [5.41, 5.74) is 0.355. The Morgan fingerprint density at radius 2 is 2.14 bits per heavy atom. The number of amides is 1. The fourth-order valence-electron chi connectivity index (χ4n) is 2.16. The quantitative estimate of drug-likeness (QED) is 0.759. The summed E-state index contributed by atoms with van der Waals surface area (Å²) in [6, 6.07) is 4.97. The van der Waals surface area contributed by atoms with Crippen LogP contribution in [0.2, 0.25) is 0 Å². The lowest BCUT2D eigenvalue weighted by molar-refractivity contribution is 0.0649. The molecular weight excluding hydrogens is 294 g/mol. The van der Waals surface area contributed by atoms with E-state index in [4.69, 9.17) is 10.00 Å². The van der Waals surface area contributed by atoms with Crippen LogP contribution in [0.3, 0.4) is 0 Å². The normalized spacial score (nSPS) is 15.6. The fourth-order valence-corrected chi connectivity index (χ4v) is 2.16. The molecule has 1 saturated heterocycles. The molecule has 8 heteroatoms. The number of hydrogen-bond acceptors (Lipinski definition) is 5. The first-order chi connectivity index (χ1) is 10.6. The molecule has 1 fully saturated rings. The molecule has 118 valence electrons. The molecule has 0 spiro atoms. The van der Waals surface area contributed by atoms with Gasteiger partial charge in [0.05, 0.1) is 12.6 Å². The van der Waals surface area contributed by atoms with Crippen molar-refractivity contribution in [1.82, 2.24) is 14.8 Å². The molecule has 22 heavy (non-hydrogen) atoms. The first kappa shape index (κ1) is 16.1. The molecule has 0 N–H and O–H groups in total. The number of halogens is 2. The van der Waals surface area contributed by atoms with Crippen molar-refractivity contribution in [3.63, 3.8) is 0 Å². The third-order valence-corrected chi connectivity index (χ3v) is 3.29. The lowest BCUT2D eigenvalue weighted by Gasteiger charge is -2.33. The average molecular weight is 310 g/mol.